The second kappa shape index (κ2) is 12.2. The number of piperidine rings is 1. The maximum Gasteiger partial charge on any atom is 0.394 e. The Morgan fingerprint density at radius 2 is 1.95 bits per heavy atom. The Morgan fingerprint density at radius 3 is 2.48 bits per heavy atom. The lowest BCUT2D eigenvalue weighted by Gasteiger charge is -2.28. The number of rotatable bonds is 10. The molecule has 224 valence electrons. The third kappa shape index (κ3) is 7.43. The number of hydrogen-bond acceptors (Lipinski definition) is 6. The lowest BCUT2D eigenvalue weighted by Crippen LogP contribution is -2.49. The summed E-state index contributed by atoms with van der Waals surface area (Å²) in [5, 5.41) is 9.39. The van der Waals surface area contributed by atoms with Gasteiger partial charge in [-0.15, -0.1) is 0 Å². The number of ether oxygens (including phenoxy) is 1. The van der Waals surface area contributed by atoms with E-state index in [1.165, 1.54) is 23.1 Å². The van der Waals surface area contributed by atoms with Crippen LogP contribution in [0.1, 0.15) is 49.7 Å². The molecule has 2 aromatic rings. The van der Waals surface area contributed by atoms with Crippen molar-refractivity contribution in [1.82, 2.24) is 20.4 Å². The van der Waals surface area contributed by atoms with E-state index in [0.29, 0.717) is 12.8 Å². The van der Waals surface area contributed by atoms with Gasteiger partial charge < -0.3 is 15.4 Å². The van der Waals surface area contributed by atoms with Crippen LogP contribution in [-0.2, 0) is 22.8 Å². The molecular formula is C25H32ClF5N4O4S. The first-order valence-electron chi connectivity index (χ1n) is 12.6. The standard InChI is InChI=1S/C25H32ClF5N4O4S/c1-5-35-21(17-9-6-14(10-18(17)39-23(27)28)11-24(2,3)25(29,30)31)19(26)20(34-35)22(36)33-12-15-7-8-16(13-32-15)40(4,37)38/h6,9-10,15-16,23,32H,5,7-8,11-13H2,1-4H3,(H,33,36)/t15-,16-/m0/s1. The molecule has 1 aromatic heterocycles. The molecule has 0 spiro atoms. The average Bonchev–Trinajstić information content (AvgIpc) is 3.17. The quantitative estimate of drug-likeness (QED) is 0.371. The Kier molecular flexibility index (Phi) is 9.78. The first-order chi connectivity index (χ1) is 18.4. The molecule has 1 aliphatic heterocycles. The number of carbonyl (C=O) groups is 1. The first kappa shape index (κ1) is 32.1. The SMILES string of the molecule is CCn1nc(C(=O)NC[C@@H]2CC[C@H](S(C)(=O)=O)CN2)c(Cl)c1-c1ccc(CC(C)(C)C(F)(F)F)cc1OC(F)F. The summed E-state index contributed by atoms with van der Waals surface area (Å²) in [7, 11) is -3.18. The van der Waals surface area contributed by atoms with Crippen molar-refractivity contribution in [2.75, 3.05) is 19.3 Å². The molecule has 0 aliphatic carbocycles. The van der Waals surface area contributed by atoms with Crippen LogP contribution in [0.5, 0.6) is 5.75 Å². The van der Waals surface area contributed by atoms with E-state index in [1.807, 2.05) is 0 Å². The number of nitrogens with one attached hydrogen (secondary N) is 2. The van der Waals surface area contributed by atoms with Gasteiger partial charge in [-0.05, 0) is 43.9 Å². The van der Waals surface area contributed by atoms with Crippen LogP contribution < -0.4 is 15.4 Å². The minimum Gasteiger partial charge on any atom is -0.434 e. The minimum absolute atomic E-state index is 0.0352. The normalized spacial score (nSPS) is 18.7. The van der Waals surface area contributed by atoms with Crippen LogP contribution in [0.2, 0.25) is 5.02 Å². The molecule has 1 amide bonds. The molecule has 40 heavy (non-hydrogen) atoms. The van der Waals surface area contributed by atoms with Crippen LogP contribution in [0.15, 0.2) is 18.2 Å². The van der Waals surface area contributed by atoms with Crippen LogP contribution in [0.4, 0.5) is 22.0 Å². The predicted molar refractivity (Wildman–Crippen MR) is 141 cm³/mol. The van der Waals surface area contributed by atoms with Gasteiger partial charge in [0.15, 0.2) is 15.5 Å². The van der Waals surface area contributed by atoms with E-state index in [4.69, 9.17) is 11.6 Å². The molecule has 0 unspecified atom stereocenters. The maximum atomic E-state index is 13.4. The van der Waals surface area contributed by atoms with E-state index >= 15 is 0 Å². The number of sulfone groups is 1. The zero-order valence-corrected chi connectivity index (χ0v) is 24.0. The first-order valence-corrected chi connectivity index (χ1v) is 14.9. The summed E-state index contributed by atoms with van der Waals surface area (Å²) >= 11 is 6.52. The number of aryl methyl sites for hydroxylation is 1. The largest absolute Gasteiger partial charge is 0.434 e. The van der Waals surface area contributed by atoms with Crippen molar-refractivity contribution in [3.05, 3.63) is 34.5 Å². The fourth-order valence-electron chi connectivity index (χ4n) is 4.48. The van der Waals surface area contributed by atoms with Gasteiger partial charge in [0.25, 0.3) is 5.91 Å². The maximum absolute atomic E-state index is 13.4. The summed E-state index contributed by atoms with van der Waals surface area (Å²) in [5.74, 6) is -1.04. The Bertz CT molecular complexity index is 1320. The molecule has 0 bridgehead atoms. The Morgan fingerprint density at radius 1 is 1.27 bits per heavy atom. The average molecular weight is 615 g/mol. The smallest absolute Gasteiger partial charge is 0.394 e. The number of hydrogen-bond donors (Lipinski definition) is 2. The Labute approximate surface area is 234 Å². The highest BCUT2D eigenvalue weighted by Crippen LogP contribution is 2.43. The molecule has 15 heteroatoms. The highest BCUT2D eigenvalue weighted by atomic mass is 35.5. The second-order valence-electron chi connectivity index (χ2n) is 10.4. The van der Waals surface area contributed by atoms with Crippen LogP contribution in [0, 0.1) is 5.41 Å². The fourth-order valence-corrected chi connectivity index (χ4v) is 5.76. The molecule has 0 radical (unpaired) electrons. The van der Waals surface area contributed by atoms with Gasteiger partial charge in [0.05, 0.1) is 21.4 Å². The van der Waals surface area contributed by atoms with Crippen molar-refractivity contribution < 1.29 is 39.9 Å². The summed E-state index contributed by atoms with van der Waals surface area (Å²) in [5.41, 5.74) is -2.04. The van der Waals surface area contributed by atoms with Gasteiger partial charge in [-0.3, -0.25) is 9.48 Å². The monoisotopic (exact) mass is 614 g/mol. The van der Waals surface area contributed by atoms with Crippen molar-refractivity contribution in [1.29, 1.82) is 0 Å². The van der Waals surface area contributed by atoms with Crippen molar-refractivity contribution >= 4 is 27.3 Å². The molecule has 1 aromatic carbocycles. The number of aromatic nitrogens is 2. The van der Waals surface area contributed by atoms with E-state index in [2.05, 4.69) is 20.5 Å². The second-order valence-corrected chi connectivity index (χ2v) is 13.1. The zero-order chi connectivity index (χ0) is 30.0. The highest BCUT2D eigenvalue weighted by Gasteiger charge is 2.47. The molecular weight excluding hydrogens is 583 g/mol. The number of nitrogens with zero attached hydrogens (tertiary/aromatic N) is 2. The number of halogens is 6. The molecule has 3 rings (SSSR count). The number of carbonyl (C=O) groups excluding carboxylic acids is 1. The van der Waals surface area contributed by atoms with Gasteiger partial charge in [-0.1, -0.05) is 31.5 Å². The third-order valence-corrected chi connectivity index (χ3v) is 8.90. The Balaban J connectivity index is 1.86. The number of benzene rings is 1. The van der Waals surface area contributed by atoms with Crippen LogP contribution in [0.3, 0.4) is 0 Å². The van der Waals surface area contributed by atoms with Crippen LogP contribution in [0.25, 0.3) is 11.3 Å². The van der Waals surface area contributed by atoms with Crippen LogP contribution >= 0.6 is 11.6 Å². The van der Waals surface area contributed by atoms with Crippen molar-refractivity contribution in [2.45, 2.75) is 70.7 Å². The van der Waals surface area contributed by atoms with E-state index in [-0.39, 0.29) is 53.2 Å². The fraction of sp³-hybridized carbons (Fsp3) is 0.600. The van der Waals surface area contributed by atoms with Crippen LogP contribution in [-0.4, -0.2) is 67.5 Å². The molecule has 1 saturated heterocycles. The number of amides is 1. The number of alkyl halides is 5. The van der Waals surface area contributed by atoms with E-state index in [9.17, 15) is 35.2 Å². The molecule has 1 fully saturated rings. The van der Waals surface area contributed by atoms with Gasteiger partial charge >= 0.3 is 12.8 Å². The van der Waals surface area contributed by atoms with Crippen molar-refractivity contribution in [3.63, 3.8) is 0 Å². The van der Waals surface area contributed by atoms with Crippen molar-refractivity contribution in [2.24, 2.45) is 5.41 Å². The highest BCUT2D eigenvalue weighted by molar-refractivity contribution is 7.91. The molecule has 1 aliphatic rings. The zero-order valence-electron chi connectivity index (χ0n) is 22.4. The lowest BCUT2D eigenvalue weighted by molar-refractivity contribution is -0.211. The topological polar surface area (TPSA) is 102 Å². The summed E-state index contributed by atoms with van der Waals surface area (Å²) < 4.78 is 96.2. The van der Waals surface area contributed by atoms with Gasteiger partial charge in [-0.2, -0.15) is 27.1 Å². The summed E-state index contributed by atoms with van der Waals surface area (Å²) in [6, 6.07) is 3.62. The molecule has 2 N–H and O–H groups in total. The summed E-state index contributed by atoms with van der Waals surface area (Å²) in [6.07, 6.45) is -2.86. The third-order valence-electron chi connectivity index (χ3n) is 6.93. The molecule has 0 saturated carbocycles. The van der Waals surface area contributed by atoms with Gasteiger partial charge in [0.2, 0.25) is 0 Å². The minimum atomic E-state index is -4.52. The lowest BCUT2D eigenvalue weighted by atomic mass is 9.84. The summed E-state index contributed by atoms with van der Waals surface area (Å²) in [4.78, 5) is 13.0. The van der Waals surface area contributed by atoms with Gasteiger partial charge in [-0.25, -0.2) is 8.42 Å². The molecule has 2 heterocycles. The van der Waals surface area contributed by atoms with Gasteiger partial charge in [0.1, 0.15) is 5.75 Å². The molecule has 2 atom stereocenters. The van der Waals surface area contributed by atoms with Crippen molar-refractivity contribution in [3.8, 4) is 17.0 Å². The van der Waals surface area contributed by atoms with E-state index in [0.717, 1.165) is 19.9 Å². The van der Waals surface area contributed by atoms with E-state index < -0.39 is 51.4 Å². The Hall–Kier alpha value is -2.45. The van der Waals surface area contributed by atoms with E-state index in [1.54, 1.807) is 6.92 Å². The molecule has 8 nitrogen and oxygen atoms in total. The summed E-state index contributed by atoms with van der Waals surface area (Å²) in [6.45, 7) is 1.06. The van der Waals surface area contributed by atoms with Gasteiger partial charge in [0, 0.05) is 37.5 Å². The predicted octanol–water partition coefficient (Wildman–Crippen LogP) is 4.85.